The maximum atomic E-state index is 2.25. The first-order valence-electron chi connectivity index (χ1n) is 15.1. The van der Waals surface area contributed by atoms with Gasteiger partial charge >= 0.3 is 0 Å². The SMILES string of the molecule is Cc1ccc(-c2ccc(-c3ccc(-c4ccc(C)s4)cc3)cc2)s1.Cc1ccc(-c2ccc(-c3ccc(-c4ccc(C)s4)s3)s2)s1. The highest BCUT2D eigenvalue weighted by atomic mass is 32.1. The lowest BCUT2D eigenvalue weighted by Crippen LogP contribution is -1.79. The highest BCUT2D eigenvalue weighted by molar-refractivity contribution is 7.28. The van der Waals surface area contributed by atoms with E-state index in [0.717, 1.165) is 0 Å². The number of rotatable bonds is 6. The second-order valence-corrected chi connectivity index (χ2v) is 18.4. The molecule has 228 valence electrons. The maximum Gasteiger partial charge on any atom is 0.0449 e. The molecular weight excluding hydrogens is 673 g/mol. The Labute approximate surface area is 295 Å². The van der Waals surface area contributed by atoms with Crippen molar-refractivity contribution in [2.75, 3.05) is 0 Å². The van der Waals surface area contributed by atoms with Crippen molar-refractivity contribution >= 4 is 68.0 Å². The van der Waals surface area contributed by atoms with Crippen molar-refractivity contribution in [3.8, 4) is 61.3 Å². The molecule has 0 aliphatic heterocycles. The first-order valence-corrected chi connectivity index (χ1v) is 20.0. The summed E-state index contributed by atoms with van der Waals surface area (Å²) < 4.78 is 0. The largest absolute Gasteiger partial charge is 0.141 e. The van der Waals surface area contributed by atoms with Gasteiger partial charge in [-0.25, -0.2) is 0 Å². The summed E-state index contributed by atoms with van der Waals surface area (Å²) in [6.07, 6.45) is 0. The molecule has 0 fully saturated rings. The fourth-order valence-corrected chi connectivity index (χ4v) is 10.9. The van der Waals surface area contributed by atoms with Gasteiger partial charge in [0.2, 0.25) is 0 Å². The van der Waals surface area contributed by atoms with Crippen molar-refractivity contribution < 1.29 is 0 Å². The second-order valence-electron chi connectivity index (χ2n) is 11.1. The molecule has 0 saturated heterocycles. The number of benzene rings is 2. The van der Waals surface area contributed by atoms with Gasteiger partial charge in [-0.05, 0) is 123 Å². The van der Waals surface area contributed by atoms with Gasteiger partial charge in [0, 0.05) is 58.5 Å². The van der Waals surface area contributed by atoms with E-state index in [0.29, 0.717) is 0 Å². The smallest absolute Gasteiger partial charge is 0.0449 e. The van der Waals surface area contributed by atoms with E-state index >= 15 is 0 Å². The molecule has 0 saturated carbocycles. The van der Waals surface area contributed by atoms with Gasteiger partial charge in [-0.2, -0.15) is 0 Å². The first kappa shape index (κ1) is 31.3. The van der Waals surface area contributed by atoms with Crippen molar-refractivity contribution in [1.29, 1.82) is 0 Å². The van der Waals surface area contributed by atoms with Crippen molar-refractivity contribution in [1.82, 2.24) is 0 Å². The fraction of sp³-hybridized carbons (Fsp3) is 0.100. The molecule has 8 rings (SSSR count). The molecule has 0 spiro atoms. The quantitative estimate of drug-likeness (QED) is 0.162. The van der Waals surface area contributed by atoms with Gasteiger partial charge in [0.05, 0.1) is 0 Å². The van der Waals surface area contributed by atoms with Crippen LogP contribution in [0.2, 0.25) is 0 Å². The highest BCUT2D eigenvalue weighted by Crippen LogP contribution is 2.43. The van der Waals surface area contributed by atoms with Crippen LogP contribution in [0.4, 0.5) is 0 Å². The van der Waals surface area contributed by atoms with Crippen LogP contribution in [0.5, 0.6) is 0 Å². The van der Waals surface area contributed by atoms with Crippen LogP contribution < -0.4 is 0 Å². The molecule has 6 aromatic heterocycles. The van der Waals surface area contributed by atoms with E-state index in [1.54, 1.807) is 0 Å². The van der Waals surface area contributed by atoms with Gasteiger partial charge in [0.25, 0.3) is 0 Å². The molecule has 0 aliphatic carbocycles. The van der Waals surface area contributed by atoms with E-state index in [1.165, 1.54) is 80.8 Å². The Balaban J connectivity index is 0.000000147. The summed E-state index contributed by atoms with van der Waals surface area (Å²) in [7, 11) is 0. The maximum absolute atomic E-state index is 2.25. The normalized spacial score (nSPS) is 11.0. The van der Waals surface area contributed by atoms with Crippen LogP contribution in [0.15, 0.2) is 121 Å². The minimum absolute atomic E-state index is 1.26. The van der Waals surface area contributed by atoms with Crippen molar-refractivity contribution in [3.05, 3.63) is 141 Å². The summed E-state index contributed by atoms with van der Waals surface area (Å²) in [5.74, 6) is 0. The third kappa shape index (κ3) is 7.13. The summed E-state index contributed by atoms with van der Waals surface area (Å²) in [6.45, 7) is 8.63. The Morgan fingerprint density at radius 2 is 0.435 bits per heavy atom. The molecule has 8 aromatic rings. The zero-order chi connectivity index (χ0) is 31.6. The molecule has 0 N–H and O–H groups in total. The predicted molar refractivity (Wildman–Crippen MR) is 212 cm³/mol. The lowest BCUT2D eigenvalue weighted by atomic mass is 10.0. The van der Waals surface area contributed by atoms with Crippen LogP contribution in [-0.4, -0.2) is 0 Å². The summed E-state index contributed by atoms with van der Waals surface area (Å²) in [4.78, 5) is 16.3. The Bertz CT molecular complexity index is 2030. The average Bonchev–Trinajstić information content (AvgIpc) is 3.90. The van der Waals surface area contributed by atoms with Crippen LogP contribution in [0.3, 0.4) is 0 Å². The number of thiophene rings is 6. The molecule has 0 bridgehead atoms. The Kier molecular flexibility index (Phi) is 9.36. The van der Waals surface area contributed by atoms with Gasteiger partial charge in [0.1, 0.15) is 0 Å². The minimum Gasteiger partial charge on any atom is -0.141 e. The monoisotopic (exact) mass is 704 g/mol. The van der Waals surface area contributed by atoms with E-state index in [9.17, 15) is 0 Å². The number of hydrogen-bond acceptors (Lipinski definition) is 6. The molecule has 0 atom stereocenters. The molecule has 6 heterocycles. The average molecular weight is 705 g/mol. The van der Waals surface area contributed by atoms with E-state index in [2.05, 4.69) is 149 Å². The minimum atomic E-state index is 1.26. The van der Waals surface area contributed by atoms with Crippen molar-refractivity contribution in [2.24, 2.45) is 0 Å². The van der Waals surface area contributed by atoms with Gasteiger partial charge in [-0.15, -0.1) is 68.0 Å². The summed E-state index contributed by atoms with van der Waals surface area (Å²) >= 11 is 11.2. The first-order chi connectivity index (χ1) is 22.4. The molecule has 0 amide bonds. The van der Waals surface area contributed by atoms with Crippen molar-refractivity contribution in [3.63, 3.8) is 0 Å². The van der Waals surface area contributed by atoms with E-state index in [1.807, 2.05) is 68.0 Å². The fourth-order valence-electron chi connectivity index (χ4n) is 5.17. The van der Waals surface area contributed by atoms with Gasteiger partial charge in [-0.1, -0.05) is 48.5 Å². The standard InChI is InChI=1S/C22H18S2.C18H14S4/c1-15-3-13-21(23-15)19-9-5-17(6-10-19)18-7-11-20(12-8-18)22-14-4-16(2)24-22;1-11-3-5-13(19-11)15-7-9-17(21-15)18-10-8-16(22-18)14-6-4-12(2)20-14/h3-14H,1-2H3;3-10H,1-2H3. The number of aryl methyl sites for hydroxylation is 4. The van der Waals surface area contributed by atoms with Crippen LogP contribution in [0, 0.1) is 27.7 Å². The van der Waals surface area contributed by atoms with E-state index in [4.69, 9.17) is 0 Å². The summed E-state index contributed by atoms with van der Waals surface area (Å²) in [5.41, 5.74) is 5.12. The molecule has 46 heavy (non-hydrogen) atoms. The van der Waals surface area contributed by atoms with Gasteiger partial charge < -0.3 is 0 Å². The predicted octanol–water partition coefficient (Wildman–Crippen LogP) is 15.0. The van der Waals surface area contributed by atoms with Crippen LogP contribution >= 0.6 is 68.0 Å². The Morgan fingerprint density at radius 1 is 0.217 bits per heavy atom. The third-order valence-electron chi connectivity index (χ3n) is 7.57. The molecule has 0 aliphatic rings. The Hall–Kier alpha value is -3.36. The van der Waals surface area contributed by atoms with E-state index < -0.39 is 0 Å². The highest BCUT2D eigenvalue weighted by Gasteiger charge is 2.11. The summed E-state index contributed by atoms with van der Waals surface area (Å²) in [6, 6.07) is 44.4. The van der Waals surface area contributed by atoms with Crippen LogP contribution in [0.25, 0.3) is 61.3 Å². The lowest BCUT2D eigenvalue weighted by Gasteiger charge is -2.05. The second kappa shape index (κ2) is 13.8. The molecule has 0 radical (unpaired) electrons. The van der Waals surface area contributed by atoms with Crippen LogP contribution in [0.1, 0.15) is 19.5 Å². The number of hydrogen-bond donors (Lipinski definition) is 0. The molecule has 0 nitrogen and oxygen atoms in total. The zero-order valence-electron chi connectivity index (χ0n) is 26.0. The van der Waals surface area contributed by atoms with Crippen LogP contribution in [-0.2, 0) is 0 Å². The molecule has 0 unspecified atom stereocenters. The molecular formula is C40H32S6. The molecule has 6 heteroatoms. The Morgan fingerprint density at radius 3 is 0.696 bits per heavy atom. The van der Waals surface area contributed by atoms with Gasteiger partial charge in [0.15, 0.2) is 0 Å². The summed E-state index contributed by atoms with van der Waals surface area (Å²) in [5, 5.41) is 0. The van der Waals surface area contributed by atoms with E-state index in [-0.39, 0.29) is 0 Å². The zero-order valence-corrected chi connectivity index (χ0v) is 30.9. The topological polar surface area (TPSA) is 0 Å². The van der Waals surface area contributed by atoms with Crippen molar-refractivity contribution in [2.45, 2.75) is 27.7 Å². The molecule has 2 aromatic carbocycles. The van der Waals surface area contributed by atoms with Gasteiger partial charge in [-0.3, -0.25) is 0 Å². The third-order valence-corrected chi connectivity index (χ3v) is 14.4. The lowest BCUT2D eigenvalue weighted by molar-refractivity contribution is 1.61.